The van der Waals surface area contributed by atoms with Crippen LogP contribution in [0.2, 0.25) is 0 Å². The van der Waals surface area contributed by atoms with Gasteiger partial charge in [-0.3, -0.25) is 0 Å². The molecule has 0 heterocycles. The van der Waals surface area contributed by atoms with E-state index in [4.69, 9.17) is 5.73 Å². The SMILES string of the molecule is Cc1ccc(C)c(C(F)(F)CCN)c1. The Morgan fingerprint density at radius 2 is 1.93 bits per heavy atom. The molecule has 2 N–H and O–H groups in total. The van der Waals surface area contributed by atoms with Crippen molar-refractivity contribution in [3.05, 3.63) is 34.9 Å². The minimum absolute atomic E-state index is 0.000379. The Kier molecular flexibility index (Phi) is 3.21. The van der Waals surface area contributed by atoms with Crippen LogP contribution in [0.4, 0.5) is 8.78 Å². The Morgan fingerprint density at radius 3 is 2.50 bits per heavy atom. The van der Waals surface area contributed by atoms with E-state index in [2.05, 4.69) is 0 Å². The van der Waals surface area contributed by atoms with E-state index in [9.17, 15) is 8.78 Å². The number of nitrogens with two attached hydrogens (primary N) is 1. The maximum atomic E-state index is 13.5. The summed E-state index contributed by atoms with van der Waals surface area (Å²) < 4.78 is 27.0. The van der Waals surface area contributed by atoms with E-state index in [-0.39, 0.29) is 18.5 Å². The predicted molar refractivity (Wildman–Crippen MR) is 53.5 cm³/mol. The van der Waals surface area contributed by atoms with Gasteiger partial charge in [0.2, 0.25) is 0 Å². The molecule has 0 aliphatic carbocycles. The van der Waals surface area contributed by atoms with Gasteiger partial charge in [0.05, 0.1) is 0 Å². The smallest absolute Gasteiger partial charge is 0.274 e. The zero-order chi connectivity index (χ0) is 10.8. The number of halogens is 2. The molecule has 0 saturated carbocycles. The Morgan fingerprint density at radius 1 is 1.29 bits per heavy atom. The molecule has 1 aromatic rings. The standard InChI is InChI=1S/C11H15F2N/c1-8-3-4-9(2)10(7-8)11(12,13)5-6-14/h3-4,7H,5-6,14H2,1-2H3. The summed E-state index contributed by atoms with van der Waals surface area (Å²) in [5, 5.41) is 0. The fourth-order valence-electron chi connectivity index (χ4n) is 1.45. The predicted octanol–water partition coefficient (Wildman–Crippen LogP) is 2.74. The van der Waals surface area contributed by atoms with E-state index in [0.29, 0.717) is 5.56 Å². The molecule has 3 heteroatoms. The highest BCUT2D eigenvalue weighted by Crippen LogP contribution is 2.33. The van der Waals surface area contributed by atoms with Crippen LogP contribution in [-0.2, 0) is 5.92 Å². The third-order valence-electron chi connectivity index (χ3n) is 2.25. The van der Waals surface area contributed by atoms with Crippen molar-refractivity contribution in [3.63, 3.8) is 0 Å². The third-order valence-corrected chi connectivity index (χ3v) is 2.25. The Labute approximate surface area is 82.9 Å². The summed E-state index contributed by atoms with van der Waals surface area (Å²) >= 11 is 0. The lowest BCUT2D eigenvalue weighted by molar-refractivity contribution is -0.0113. The lowest BCUT2D eigenvalue weighted by atomic mass is 9.98. The van der Waals surface area contributed by atoms with Crippen LogP contribution in [0.15, 0.2) is 18.2 Å². The third kappa shape index (κ3) is 2.29. The molecule has 0 atom stereocenters. The van der Waals surface area contributed by atoms with Crippen LogP contribution < -0.4 is 5.73 Å². The van der Waals surface area contributed by atoms with Crippen molar-refractivity contribution < 1.29 is 8.78 Å². The van der Waals surface area contributed by atoms with E-state index < -0.39 is 5.92 Å². The van der Waals surface area contributed by atoms with Gasteiger partial charge in [-0.15, -0.1) is 0 Å². The number of rotatable bonds is 3. The molecule has 0 saturated heterocycles. The van der Waals surface area contributed by atoms with Gasteiger partial charge in [0.1, 0.15) is 0 Å². The monoisotopic (exact) mass is 199 g/mol. The van der Waals surface area contributed by atoms with Crippen LogP contribution in [0.1, 0.15) is 23.1 Å². The lowest BCUT2D eigenvalue weighted by Crippen LogP contribution is -2.19. The zero-order valence-electron chi connectivity index (χ0n) is 8.48. The fourth-order valence-corrected chi connectivity index (χ4v) is 1.45. The molecule has 0 radical (unpaired) electrons. The summed E-state index contributed by atoms with van der Waals surface area (Å²) in [5.41, 5.74) is 6.73. The normalized spacial score (nSPS) is 11.8. The topological polar surface area (TPSA) is 26.0 Å². The van der Waals surface area contributed by atoms with Gasteiger partial charge in [-0.1, -0.05) is 17.7 Å². The highest BCUT2D eigenvalue weighted by molar-refractivity contribution is 5.33. The maximum Gasteiger partial charge on any atom is 0.274 e. The van der Waals surface area contributed by atoms with Gasteiger partial charge >= 0.3 is 0 Å². The summed E-state index contributed by atoms with van der Waals surface area (Å²) in [6.45, 7) is 3.50. The first-order chi connectivity index (χ1) is 6.47. The minimum Gasteiger partial charge on any atom is -0.330 e. The van der Waals surface area contributed by atoms with E-state index in [0.717, 1.165) is 5.56 Å². The first-order valence-corrected chi connectivity index (χ1v) is 4.63. The van der Waals surface area contributed by atoms with E-state index in [1.807, 2.05) is 13.0 Å². The van der Waals surface area contributed by atoms with Crippen molar-refractivity contribution in [2.24, 2.45) is 5.73 Å². The van der Waals surface area contributed by atoms with Gasteiger partial charge in [0.15, 0.2) is 0 Å². The quantitative estimate of drug-likeness (QED) is 0.795. The average molecular weight is 199 g/mol. The molecule has 14 heavy (non-hydrogen) atoms. The molecule has 0 aromatic heterocycles. The lowest BCUT2D eigenvalue weighted by Gasteiger charge is -2.18. The number of benzene rings is 1. The van der Waals surface area contributed by atoms with E-state index in [1.165, 1.54) is 6.07 Å². The maximum absolute atomic E-state index is 13.5. The van der Waals surface area contributed by atoms with Crippen molar-refractivity contribution >= 4 is 0 Å². The molecular formula is C11H15F2N. The molecule has 78 valence electrons. The minimum atomic E-state index is -2.80. The summed E-state index contributed by atoms with van der Waals surface area (Å²) in [7, 11) is 0. The van der Waals surface area contributed by atoms with Gasteiger partial charge in [0.25, 0.3) is 5.92 Å². The molecule has 0 fully saturated rings. The summed E-state index contributed by atoms with van der Waals surface area (Å²) in [4.78, 5) is 0. The molecule has 0 spiro atoms. The fraction of sp³-hybridized carbons (Fsp3) is 0.455. The van der Waals surface area contributed by atoms with Crippen LogP contribution in [0.3, 0.4) is 0 Å². The summed E-state index contributed by atoms with van der Waals surface area (Å²) in [6, 6.07) is 5.08. The van der Waals surface area contributed by atoms with Crippen LogP contribution in [-0.4, -0.2) is 6.54 Å². The van der Waals surface area contributed by atoms with Crippen LogP contribution in [0, 0.1) is 13.8 Å². The number of alkyl halides is 2. The summed E-state index contributed by atoms with van der Waals surface area (Å²) in [5.74, 6) is -2.80. The second-order valence-electron chi connectivity index (χ2n) is 3.56. The first-order valence-electron chi connectivity index (χ1n) is 4.63. The van der Waals surface area contributed by atoms with Crippen molar-refractivity contribution in [2.75, 3.05) is 6.54 Å². The van der Waals surface area contributed by atoms with Gasteiger partial charge in [0, 0.05) is 12.0 Å². The van der Waals surface area contributed by atoms with Crippen LogP contribution in [0.5, 0.6) is 0 Å². The molecule has 0 unspecified atom stereocenters. The van der Waals surface area contributed by atoms with Crippen molar-refractivity contribution in [1.29, 1.82) is 0 Å². The van der Waals surface area contributed by atoms with Crippen LogP contribution in [0.25, 0.3) is 0 Å². The van der Waals surface area contributed by atoms with Gasteiger partial charge in [-0.2, -0.15) is 0 Å². The van der Waals surface area contributed by atoms with Crippen LogP contribution >= 0.6 is 0 Å². The van der Waals surface area contributed by atoms with Crippen molar-refractivity contribution in [1.82, 2.24) is 0 Å². The van der Waals surface area contributed by atoms with Gasteiger partial charge in [-0.25, -0.2) is 8.78 Å². The molecule has 1 rings (SSSR count). The number of hydrogen-bond acceptors (Lipinski definition) is 1. The Hall–Kier alpha value is -0.960. The molecule has 0 aliphatic heterocycles. The molecule has 0 amide bonds. The molecule has 0 aliphatic rings. The van der Waals surface area contributed by atoms with Gasteiger partial charge < -0.3 is 5.73 Å². The van der Waals surface area contributed by atoms with Crippen molar-refractivity contribution in [2.45, 2.75) is 26.2 Å². The highest BCUT2D eigenvalue weighted by Gasteiger charge is 2.31. The Balaban J connectivity index is 3.10. The number of aryl methyl sites for hydroxylation is 2. The molecule has 0 bridgehead atoms. The molecule has 1 nitrogen and oxygen atoms in total. The largest absolute Gasteiger partial charge is 0.330 e. The molecular weight excluding hydrogens is 184 g/mol. The van der Waals surface area contributed by atoms with E-state index in [1.54, 1.807) is 13.0 Å². The number of hydrogen-bond donors (Lipinski definition) is 1. The molecule has 1 aromatic carbocycles. The Bertz CT molecular complexity index is 321. The zero-order valence-corrected chi connectivity index (χ0v) is 8.48. The van der Waals surface area contributed by atoms with Gasteiger partial charge in [-0.05, 0) is 32.0 Å². The second kappa shape index (κ2) is 4.05. The second-order valence-corrected chi connectivity index (χ2v) is 3.56. The average Bonchev–Trinajstić information content (AvgIpc) is 2.09. The first kappa shape index (κ1) is 11.1. The van der Waals surface area contributed by atoms with E-state index >= 15 is 0 Å². The van der Waals surface area contributed by atoms with Crippen molar-refractivity contribution in [3.8, 4) is 0 Å². The highest BCUT2D eigenvalue weighted by atomic mass is 19.3. The summed E-state index contributed by atoms with van der Waals surface area (Å²) in [6.07, 6.45) is -0.294.